The summed E-state index contributed by atoms with van der Waals surface area (Å²) in [5, 5.41) is 3.15. The molecule has 0 unspecified atom stereocenters. The van der Waals surface area contributed by atoms with Crippen LogP contribution < -0.4 is 10.1 Å². The molecule has 0 aliphatic carbocycles. The zero-order valence-corrected chi connectivity index (χ0v) is 14.7. The molecule has 0 aliphatic heterocycles. The highest BCUT2D eigenvalue weighted by molar-refractivity contribution is 6.31. The van der Waals surface area contributed by atoms with Crippen LogP contribution in [0.1, 0.15) is 21.5 Å². The standard InChI is InChI=1S/C21H17ClFNO2/c22-18-10-6-11-19(23)17(18)14-26-20-12-5-4-9-16(20)21(25)24-13-15-7-2-1-3-8-15/h1-12H,13-14H2,(H,24,25). The van der Waals surface area contributed by atoms with Crippen LogP contribution in [0.3, 0.4) is 0 Å². The van der Waals surface area contributed by atoms with Crippen molar-refractivity contribution in [2.24, 2.45) is 0 Å². The SMILES string of the molecule is O=C(NCc1ccccc1)c1ccccc1OCc1c(F)cccc1Cl. The minimum absolute atomic E-state index is 0.0610. The smallest absolute Gasteiger partial charge is 0.255 e. The van der Waals surface area contributed by atoms with Crippen molar-refractivity contribution in [2.45, 2.75) is 13.2 Å². The van der Waals surface area contributed by atoms with Crippen LogP contribution in [0.25, 0.3) is 0 Å². The van der Waals surface area contributed by atoms with Gasteiger partial charge in [-0.1, -0.05) is 60.1 Å². The Bertz CT molecular complexity index is 879. The van der Waals surface area contributed by atoms with Crippen molar-refractivity contribution in [3.8, 4) is 5.75 Å². The van der Waals surface area contributed by atoms with E-state index in [1.165, 1.54) is 12.1 Å². The lowest BCUT2D eigenvalue weighted by Crippen LogP contribution is -2.23. The van der Waals surface area contributed by atoms with Gasteiger partial charge in [0.1, 0.15) is 18.2 Å². The van der Waals surface area contributed by atoms with E-state index < -0.39 is 5.82 Å². The lowest BCUT2D eigenvalue weighted by molar-refractivity contribution is 0.0946. The molecule has 1 amide bonds. The van der Waals surface area contributed by atoms with Gasteiger partial charge in [0.15, 0.2) is 0 Å². The molecule has 0 heterocycles. The van der Waals surface area contributed by atoms with Crippen LogP contribution >= 0.6 is 11.6 Å². The molecule has 26 heavy (non-hydrogen) atoms. The molecule has 1 N–H and O–H groups in total. The summed E-state index contributed by atoms with van der Waals surface area (Å²) >= 11 is 6.02. The Morgan fingerprint density at radius 2 is 1.69 bits per heavy atom. The number of hydrogen-bond acceptors (Lipinski definition) is 2. The molecule has 0 spiro atoms. The molecule has 0 radical (unpaired) electrons. The predicted octanol–water partition coefficient (Wildman–Crippen LogP) is 4.99. The van der Waals surface area contributed by atoms with Crippen molar-refractivity contribution >= 4 is 17.5 Å². The summed E-state index contributed by atoms with van der Waals surface area (Å²) in [7, 11) is 0. The summed E-state index contributed by atoms with van der Waals surface area (Å²) in [6.45, 7) is 0.349. The van der Waals surface area contributed by atoms with E-state index in [2.05, 4.69) is 5.32 Å². The van der Waals surface area contributed by atoms with Crippen LogP contribution in [0.5, 0.6) is 5.75 Å². The Kier molecular flexibility index (Phi) is 5.87. The van der Waals surface area contributed by atoms with Crippen molar-refractivity contribution in [3.05, 3.63) is 100 Å². The van der Waals surface area contributed by atoms with Gasteiger partial charge in [-0.2, -0.15) is 0 Å². The van der Waals surface area contributed by atoms with E-state index in [1.54, 1.807) is 30.3 Å². The summed E-state index contributed by atoms with van der Waals surface area (Å²) in [6.07, 6.45) is 0. The van der Waals surface area contributed by atoms with Crippen LogP contribution in [0.4, 0.5) is 4.39 Å². The van der Waals surface area contributed by atoms with Gasteiger partial charge in [0.2, 0.25) is 0 Å². The van der Waals surface area contributed by atoms with E-state index in [-0.39, 0.29) is 23.1 Å². The first-order chi connectivity index (χ1) is 12.6. The molecule has 0 bridgehead atoms. The van der Waals surface area contributed by atoms with Crippen molar-refractivity contribution < 1.29 is 13.9 Å². The van der Waals surface area contributed by atoms with Gasteiger partial charge in [0, 0.05) is 12.1 Å². The highest BCUT2D eigenvalue weighted by Gasteiger charge is 2.14. The van der Waals surface area contributed by atoms with Crippen LogP contribution in [0.2, 0.25) is 5.02 Å². The second-order valence-electron chi connectivity index (χ2n) is 5.65. The molecule has 0 fully saturated rings. The Hall–Kier alpha value is -2.85. The number of rotatable bonds is 6. The molecule has 3 aromatic carbocycles. The molecule has 0 aliphatic rings. The second-order valence-corrected chi connectivity index (χ2v) is 6.06. The number of carbonyl (C=O) groups is 1. The molecule has 3 rings (SSSR count). The third-order valence-corrected chi connectivity index (χ3v) is 4.22. The Morgan fingerprint density at radius 3 is 2.46 bits per heavy atom. The van der Waals surface area contributed by atoms with Gasteiger partial charge in [0.25, 0.3) is 5.91 Å². The Balaban J connectivity index is 1.70. The maximum Gasteiger partial charge on any atom is 0.255 e. The minimum Gasteiger partial charge on any atom is -0.488 e. The van der Waals surface area contributed by atoms with Gasteiger partial charge in [-0.25, -0.2) is 4.39 Å². The van der Waals surface area contributed by atoms with Crippen LogP contribution in [0, 0.1) is 5.82 Å². The van der Waals surface area contributed by atoms with E-state index >= 15 is 0 Å². The van der Waals surface area contributed by atoms with E-state index in [0.717, 1.165) is 5.56 Å². The van der Waals surface area contributed by atoms with Gasteiger partial charge in [0.05, 0.1) is 10.6 Å². The summed E-state index contributed by atoms with van der Waals surface area (Å²) in [5.41, 5.74) is 1.64. The number of ether oxygens (including phenoxy) is 1. The van der Waals surface area contributed by atoms with Gasteiger partial charge in [-0.3, -0.25) is 4.79 Å². The van der Waals surface area contributed by atoms with Crippen molar-refractivity contribution in [2.75, 3.05) is 0 Å². The molecule has 0 aromatic heterocycles. The zero-order valence-electron chi connectivity index (χ0n) is 13.9. The zero-order chi connectivity index (χ0) is 18.4. The van der Waals surface area contributed by atoms with E-state index in [4.69, 9.17) is 16.3 Å². The first-order valence-electron chi connectivity index (χ1n) is 8.12. The molecule has 0 saturated carbocycles. The van der Waals surface area contributed by atoms with Gasteiger partial charge < -0.3 is 10.1 Å². The summed E-state index contributed by atoms with van der Waals surface area (Å²) in [5.74, 6) is -0.329. The van der Waals surface area contributed by atoms with E-state index in [1.807, 2.05) is 30.3 Å². The molecule has 0 saturated heterocycles. The van der Waals surface area contributed by atoms with Crippen molar-refractivity contribution in [3.63, 3.8) is 0 Å². The Labute approximate surface area is 156 Å². The van der Waals surface area contributed by atoms with Gasteiger partial charge in [-0.15, -0.1) is 0 Å². The van der Waals surface area contributed by atoms with Gasteiger partial charge >= 0.3 is 0 Å². The highest BCUT2D eigenvalue weighted by Crippen LogP contribution is 2.23. The first kappa shape index (κ1) is 18.0. The van der Waals surface area contributed by atoms with E-state index in [0.29, 0.717) is 17.9 Å². The number of benzene rings is 3. The minimum atomic E-state index is -0.441. The monoisotopic (exact) mass is 369 g/mol. The van der Waals surface area contributed by atoms with Crippen molar-refractivity contribution in [1.82, 2.24) is 5.32 Å². The number of para-hydroxylation sites is 1. The molecule has 132 valence electrons. The summed E-state index contributed by atoms with van der Waals surface area (Å²) in [6, 6.07) is 20.9. The van der Waals surface area contributed by atoms with Crippen LogP contribution in [-0.2, 0) is 13.2 Å². The summed E-state index contributed by atoms with van der Waals surface area (Å²) in [4.78, 5) is 12.5. The number of carbonyl (C=O) groups excluding carboxylic acids is 1. The first-order valence-corrected chi connectivity index (χ1v) is 8.50. The quantitative estimate of drug-likeness (QED) is 0.664. The lowest BCUT2D eigenvalue weighted by atomic mass is 10.1. The molecule has 0 atom stereocenters. The lowest BCUT2D eigenvalue weighted by Gasteiger charge is -2.13. The topological polar surface area (TPSA) is 38.3 Å². The fourth-order valence-electron chi connectivity index (χ4n) is 2.47. The third kappa shape index (κ3) is 4.41. The van der Waals surface area contributed by atoms with Crippen LogP contribution in [-0.4, -0.2) is 5.91 Å². The number of halogens is 2. The predicted molar refractivity (Wildman–Crippen MR) is 99.8 cm³/mol. The van der Waals surface area contributed by atoms with Gasteiger partial charge in [-0.05, 0) is 29.8 Å². The largest absolute Gasteiger partial charge is 0.488 e. The average molecular weight is 370 g/mol. The second kappa shape index (κ2) is 8.50. The summed E-state index contributed by atoms with van der Waals surface area (Å²) < 4.78 is 19.5. The fraction of sp³-hybridized carbons (Fsp3) is 0.0952. The molecule has 5 heteroatoms. The Morgan fingerprint density at radius 1 is 0.962 bits per heavy atom. The van der Waals surface area contributed by atoms with Crippen molar-refractivity contribution in [1.29, 1.82) is 0 Å². The maximum atomic E-state index is 13.9. The molecule has 3 aromatic rings. The number of hydrogen-bond donors (Lipinski definition) is 1. The fourth-order valence-corrected chi connectivity index (χ4v) is 2.69. The van der Waals surface area contributed by atoms with E-state index in [9.17, 15) is 9.18 Å². The highest BCUT2D eigenvalue weighted by atomic mass is 35.5. The maximum absolute atomic E-state index is 13.9. The van der Waals surface area contributed by atoms with Crippen LogP contribution in [0.15, 0.2) is 72.8 Å². The molecule has 3 nitrogen and oxygen atoms in total. The normalized spacial score (nSPS) is 10.4. The molecular weight excluding hydrogens is 353 g/mol. The average Bonchev–Trinajstić information content (AvgIpc) is 2.67. The third-order valence-electron chi connectivity index (χ3n) is 3.86. The molecular formula is C21H17ClFNO2. The number of amides is 1. The number of nitrogens with one attached hydrogen (secondary N) is 1.